The van der Waals surface area contributed by atoms with Crippen LogP contribution in [0.1, 0.15) is 31.1 Å². The monoisotopic (exact) mass is 297 g/mol. The number of halogens is 2. The van der Waals surface area contributed by atoms with Crippen LogP contribution in [0.5, 0.6) is 0 Å². The van der Waals surface area contributed by atoms with Crippen LogP contribution in [0, 0.1) is 5.92 Å². The second-order valence-corrected chi connectivity index (χ2v) is 5.68. The van der Waals surface area contributed by atoms with E-state index in [0.29, 0.717) is 11.8 Å². The molecule has 1 aromatic carbocycles. The summed E-state index contributed by atoms with van der Waals surface area (Å²) in [6.07, 6.45) is 0.744. The van der Waals surface area contributed by atoms with E-state index in [1.54, 1.807) is 0 Å². The van der Waals surface area contributed by atoms with Gasteiger partial charge in [0.25, 0.3) is 0 Å². The van der Waals surface area contributed by atoms with Crippen molar-refractivity contribution in [3.05, 3.63) is 46.5 Å². The largest absolute Gasteiger partial charge is 0.313 e. The van der Waals surface area contributed by atoms with E-state index < -0.39 is 0 Å². The molecule has 0 unspecified atom stereocenters. The third-order valence-electron chi connectivity index (χ3n) is 2.85. The molecule has 0 saturated heterocycles. The quantitative estimate of drug-likeness (QED) is 0.783. The lowest BCUT2D eigenvalue weighted by Crippen LogP contribution is -2.11. The lowest BCUT2D eigenvalue weighted by Gasteiger charge is -2.11. The zero-order valence-corrected chi connectivity index (χ0v) is 12.6. The van der Waals surface area contributed by atoms with Gasteiger partial charge in [-0.25, -0.2) is 0 Å². The Bertz CT molecular complexity index is 532. The maximum atomic E-state index is 5.91. The minimum atomic E-state index is 0.389. The maximum Gasteiger partial charge on any atom is 0.147 e. The molecule has 1 heterocycles. The highest BCUT2D eigenvalue weighted by molar-refractivity contribution is 6.30. The minimum Gasteiger partial charge on any atom is -0.313 e. The molecule has 102 valence electrons. The summed E-state index contributed by atoms with van der Waals surface area (Å²) in [5.41, 5.74) is 1.17. The lowest BCUT2D eigenvalue weighted by atomic mass is 10.1. The van der Waals surface area contributed by atoms with Gasteiger partial charge in [0, 0.05) is 18.0 Å². The second kappa shape index (κ2) is 6.40. The van der Waals surface area contributed by atoms with E-state index in [4.69, 9.17) is 23.2 Å². The Kier molecular flexibility index (Phi) is 4.83. The molecule has 0 fully saturated rings. The third kappa shape index (κ3) is 3.71. The minimum absolute atomic E-state index is 0.389. The molecule has 2 aromatic rings. The predicted molar refractivity (Wildman–Crippen MR) is 78.7 cm³/mol. The summed E-state index contributed by atoms with van der Waals surface area (Å²) in [5, 5.41) is 9.15. The van der Waals surface area contributed by atoms with Crippen LogP contribution in [0.25, 0.3) is 0 Å². The highest BCUT2D eigenvalue weighted by Gasteiger charge is 2.12. The first-order chi connectivity index (χ1) is 9.10. The van der Waals surface area contributed by atoms with Crippen molar-refractivity contribution in [2.45, 2.75) is 32.7 Å². The van der Waals surface area contributed by atoms with E-state index in [0.717, 1.165) is 29.6 Å². The molecule has 0 radical (unpaired) electrons. The molecule has 0 spiro atoms. The molecular formula is C14H17Cl2N3. The first kappa shape index (κ1) is 14.4. The SMILES string of the molecule is CC(C)Cn1c(CCl)nnc1Cc1ccc(Cl)cc1. The van der Waals surface area contributed by atoms with Crippen LogP contribution in [0.2, 0.25) is 5.02 Å². The molecule has 0 saturated carbocycles. The van der Waals surface area contributed by atoms with E-state index in [-0.39, 0.29) is 0 Å². The van der Waals surface area contributed by atoms with Crippen molar-refractivity contribution in [3.63, 3.8) is 0 Å². The fraction of sp³-hybridized carbons (Fsp3) is 0.429. The van der Waals surface area contributed by atoms with Crippen LogP contribution in [-0.4, -0.2) is 14.8 Å². The molecule has 0 aliphatic heterocycles. The average Bonchev–Trinajstić information content (AvgIpc) is 2.74. The topological polar surface area (TPSA) is 30.7 Å². The van der Waals surface area contributed by atoms with Gasteiger partial charge in [0.05, 0.1) is 5.88 Å². The van der Waals surface area contributed by atoms with Crippen LogP contribution in [0.3, 0.4) is 0 Å². The summed E-state index contributed by atoms with van der Waals surface area (Å²) in [7, 11) is 0. The van der Waals surface area contributed by atoms with Crippen LogP contribution in [-0.2, 0) is 18.8 Å². The summed E-state index contributed by atoms with van der Waals surface area (Å²) >= 11 is 11.8. The Morgan fingerprint density at radius 1 is 1.11 bits per heavy atom. The van der Waals surface area contributed by atoms with Crippen molar-refractivity contribution < 1.29 is 0 Å². The summed E-state index contributed by atoms with van der Waals surface area (Å²) < 4.78 is 2.12. The Hall–Kier alpha value is -1.06. The van der Waals surface area contributed by atoms with E-state index in [9.17, 15) is 0 Å². The van der Waals surface area contributed by atoms with Gasteiger partial charge < -0.3 is 4.57 Å². The van der Waals surface area contributed by atoms with Crippen LogP contribution < -0.4 is 0 Å². The van der Waals surface area contributed by atoms with Gasteiger partial charge in [0.15, 0.2) is 0 Å². The Labute approximate surface area is 123 Å². The fourth-order valence-corrected chi connectivity index (χ4v) is 2.29. The van der Waals surface area contributed by atoms with Crippen molar-refractivity contribution in [2.75, 3.05) is 0 Å². The third-order valence-corrected chi connectivity index (χ3v) is 3.34. The molecule has 0 N–H and O–H groups in total. The number of rotatable bonds is 5. The molecular weight excluding hydrogens is 281 g/mol. The predicted octanol–water partition coefficient (Wildman–Crippen LogP) is 3.92. The summed E-state index contributed by atoms with van der Waals surface area (Å²) in [6.45, 7) is 5.23. The van der Waals surface area contributed by atoms with E-state index >= 15 is 0 Å². The van der Waals surface area contributed by atoms with Crippen molar-refractivity contribution >= 4 is 23.2 Å². The summed E-state index contributed by atoms with van der Waals surface area (Å²) in [5.74, 6) is 2.70. The molecule has 19 heavy (non-hydrogen) atoms. The van der Waals surface area contributed by atoms with Gasteiger partial charge in [-0.2, -0.15) is 0 Å². The molecule has 5 heteroatoms. The van der Waals surface area contributed by atoms with Crippen molar-refractivity contribution in [1.29, 1.82) is 0 Å². The molecule has 0 amide bonds. The maximum absolute atomic E-state index is 5.91. The van der Waals surface area contributed by atoms with Gasteiger partial charge in [0.1, 0.15) is 11.6 Å². The normalized spacial score (nSPS) is 11.2. The Morgan fingerprint density at radius 2 is 1.74 bits per heavy atom. The van der Waals surface area contributed by atoms with Crippen molar-refractivity contribution in [3.8, 4) is 0 Å². The summed E-state index contributed by atoms with van der Waals surface area (Å²) in [6, 6.07) is 7.80. The van der Waals surface area contributed by atoms with E-state index in [1.165, 1.54) is 5.56 Å². The number of benzene rings is 1. The zero-order chi connectivity index (χ0) is 13.8. The summed E-state index contributed by atoms with van der Waals surface area (Å²) in [4.78, 5) is 0. The van der Waals surface area contributed by atoms with Gasteiger partial charge in [-0.15, -0.1) is 21.8 Å². The van der Waals surface area contributed by atoms with E-state index in [1.807, 2.05) is 24.3 Å². The molecule has 2 rings (SSSR count). The van der Waals surface area contributed by atoms with Crippen molar-refractivity contribution in [1.82, 2.24) is 14.8 Å². The van der Waals surface area contributed by atoms with Crippen LogP contribution in [0.4, 0.5) is 0 Å². The number of alkyl halides is 1. The molecule has 0 aliphatic rings. The van der Waals surface area contributed by atoms with Crippen LogP contribution >= 0.6 is 23.2 Å². The first-order valence-electron chi connectivity index (χ1n) is 6.31. The highest BCUT2D eigenvalue weighted by atomic mass is 35.5. The molecule has 0 atom stereocenters. The number of nitrogens with zero attached hydrogens (tertiary/aromatic N) is 3. The number of hydrogen-bond donors (Lipinski definition) is 0. The van der Waals surface area contributed by atoms with Gasteiger partial charge in [-0.05, 0) is 23.6 Å². The molecule has 0 bridgehead atoms. The zero-order valence-electron chi connectivity index (χ0n) is 11.1. The average molecular weight is 298 g/mol. The van der Waals surface area contributed by atoms with E-state index in [2.05, 4.69) is 28.6 Å². The van der Waals surface area contributed by atoms with Gasteiger partial charge >= 0.3 is 0 Å². The Balaban J connectivity index is 2.24. The molecule has 0 aliphatic carbocycles. The van der Waals surface area contributed by atoms with Crippen LogP contribution in [0.15, 0.2) is 24.3 Å². The first-order valence-corrected chi connectivity index (χ1v) is 7.22. The standard InChI is InChI=1S/C14H17Cl2N3/c1-10(2)9-19-13(17-18-14(19)8-15)7-11-3-5-12(16)6-4-11/h3-6,10H,7-9H2,1-2H3. The second-order valence-electron chi connectivity index (χ2n) is 4.97. The van der Waals surface area contributed by atoms with Gasteiger partial charge in [0.2, 0.25) is 0 Å². The Morgan fingerprint density at radius 3 is 2.32 bits per heavy atom. The number of aromatic nitrogens is 3. The van der Waals surface area contributed by atoms with Gasteiger partial charge in [-0.1, -0.05) is 37.6 Å². The highest BCUT2D eigenvalue weighted by Crippen LogP contribution is 2.15. The smallest absolute Gasteiger partial charge is 0.147 e. The van der Waals surface area contributed by atoms with Crippen molar-refractivity contribution in [2.24, 2.45) is 5.92 Å². The number of hydrogen-bond acceptors (Lipinski definition) is 2. The lowest BCUT2D eigenvalue weighted by molar-refractivity contribution is 0.499. The molecule has 1 aromatic heterocycles. The molecule has 3 nitrogen and oxygen atoms in total. The fourth-order valence-electron chi connectivity index (χ4n) is 1.96. The van der Waals surface area contributed by atoms with Gasteiger partial charge in [-0.3, -0.25) is 0 Å².